The molecule has 2 aromatic carbocycles. The Morgan fingerprint density at radius 3 is 1.41 bits per heavy atom. The van der Waals surface area contributed by atoms with Gasteiger partial charge >= 0.3 is 0 Å². The minimum atomic E-state index is -0.158. The van der Waals surface area contributed by atoms with Crippen LogP contribution in [0.3, 0.4) is 0 Å². The molecule has 0 atom stereocenters. The van der Waals surface area contributed by atoms with E-state index in [9.17, 15) is 5.11 Å². The Bertz CT molecular complexity index is 596. The predicted molar refractivity (Wildman–Crippen MR) is 94.2 cm³/mol. The molecule has 0 unspecified atom stereocenters. The van der Waals surface area contributed by atoms with E-state index < -0.39 is 0 Å². The minimum Gasteiger partial charge on any atom is -0.508 e. The van der Waals surface area contributed by atoms with Gasteiger partial charge in [-0.15, -0.1) is 0 Å². The van der Waals surface area contributed by atoms with Crippen LogP contribution in [0.1, 0.15) is 52.7 Å². The van der Waals surface area contributed by atoms with Crippen LogP contribution in [0.4, 0.5) is 0 Å². The van der Waals surface area contributed by atoms with Crippen molar-refractivity contribution in [1.29, 1.82) is 0 Å². The van der Waals surface area contributed by atoms with Crippen LogP contribution >= 0.6 is 0 Å². The van der Waals surface area contributed by atoms with Crippen LogP contribution in [0.2, 0.25) is 0 Å². The van der Waals surface area contributed by atoms with Gasteiger partial charge in [-0.05, 0) is 34.1 Å². The fourth-order valence-corrected chi connectivity index (χ4v) is 4.42. The lowest BCUT2D eigenvalue weighted by atomic mass is 9.48. The highest BCUT2D eigenvalue weighted by Gasteiger charge is 2.52. The number of phenols is 1. The van der Waals surface area contributed by atoms with Gasteiger partial charge in [0.15, 0.2) is 0 Å². The maximum absolute atomic E-state index is 9.70. The highest BCUT2D eigenvalue weighted by Crippen LogP contribution is 2.57. The van der Waals surface area contributed by atoms with Crippen LogP contribution in [0.15, 0.2) is 54.6 Å². The predicted octanol–water partition coefficient (Wildman–Crippen LogP) is 5.77. The summed E-state index contributed by atoms with van der Waals surface area (Å²) in [6.07, 6.45) is 0. The Hall–Kier alpha value is -1.76. The van der Waals surface area contributed by atoms with E-state index in [2.05, 4.69) is 84.0 Å². The SMILES string of the molecule is CC(C)(C)C(c1ccccc1)(c1ccc(O)cc1)C(C)(C)C. The summed E-state index contributed by atoms with van der Waals surface area (Å²) in [7, 11) is 0. The van der Waals surface area contributed by atoms with Crippen molar-refractivity contribution in [3.8, 4) is 5.75 Å². The van der Waals surface area contributed by atoms with Gasteiger partial charge in [-0.25, -0.2) is 0 Å². The topological polar surface area (TPSA) is 20.2 Å². The highest BCUT2D eigenvalue weighted by atomic mass is 16.3. The van der Waals surface area contributed by atoms with Crippen molar-refractivity contribution in [3.63, 3.8) is 0 Å². The molecule has 0 amide bonds. The Kier molecular flexibility index (Phi) is 4.12. The smallest absolute Gasteiger partial charge is 0.115 e. The van der Waals surface area contributed by atoms with Crippen molar-refractivity contribution in [3.05, 3.63) is 65.7 Å². The summed E-state index contributed by atoms with van der Waals surface area (Å²) >= 11 is 0. The summed E-state index contributed by atoms with van der Waals surface area (Å²) in [5.74, 6) is 0.313. The summed E-state index contributed by atoms with van der Waals surface area (Å²) < 4.78 is 0. The normalized spacial score (nSPS) is 13.2. The first-order valence-electron chi connectivity index (χ1n) is 7.96. The second-order valence-electron chi connectivity index (χ2n) is 8.16. The Balaban J connectivity index is 2.86. The summed E-state index contributed by atoms with van der Waals surface area (Å²) in [5.41, 5.74) is 2.44. The first-order valence-corrected chi connectivity index (χ1v) is 7.96. The van der Waals surface area contributed by atoms with Gasteiger partial charge in [0.1, 0.15) is 5.75 Å². The fourth-order valence-electron chi connectivity index (χ4n) is 4.42. The molecule has 0 saturated heterocycles. The maximum Gasteiger partial charge on any atom is 0.115 e. The molecule has 22 heavy (non-hydrogen) atoms. The van der Waals surface area contributed by atoms with Crippen LogP contribution in [0, 0.1) is 10.8 Å². The first-order chi connectivity index (χ1) is 10.1. The second-order valence-corrected chi connectivity index (χ2v) is 8.16. The van der Waals surface area contributed by atoms with Gasteiger partial charge < -0.3 is 5.11 Å². The highest BCUT2D eigenvalue weighted by molar-refractivity contribution is 5.45. The van der Waals surface area contributed by atoms with Crippen molar-refractivity contribution in [2.45, 2.75) is 47.0 Å². The number of hydrogen-bond acceptors (Lipinski definition) is 1. The van der Waals surface area contributed by atoms with E-state index in [-0.39, 0.29) is 16.2 Å². The Labute approximate surface area is 135 Å². The van der Waals surface area contributed by atoms with E-state index in [4.69, 9.17) is 0 Å². The molecule has 1 N–H and O–H groups in total. The number of hydrogen-bond donors (Lipinski definition) is 1. The Morgan fingerprint density at radius 2 is 1.00 bits per heavy atom. The molecular weight excluding hydrogens is 268 g/mol. The largest absolute Gasteiger partial charge is 0.508 e. The molecule has 118 valence electrons. The number of phenolic OH excluding ortho intramolecular Hbond substituents is 1. The van der Waals surface area contributed by atoms with Gasteiger partial charge in [0.2, 0.25) is 0 Å². The molecule has 2 rings (SSSR count). The average Bonchev–Trinajstić information content (AvgIpc) is 2.39. The van der Waals surface area contributed by atoms with Crippen LogP contribution in [0.5, 0.6) is 5.75 Å². The van der Waals surface area contributed by atoms with Gasteiger partial charge in [-0.3, -0.25) is 0 Å². The molecule has 1 nitrogen and oxygen atoms in total. The van der Waals surface area contributed by atoms with Crippen molar-refractivity contribution >= 4 is 0 Å². The molecule has 0 spiro atoms. The zero-order valence-corrected chi connectivity index (χ0v) is 14.6. The van der Waals surface area contributed by atoms with Gasteiger partial charge in [0, 0.05) is 5.41 Å². The quantitative estimate of drug-likeness (QED) is 0.745. The zero-order valence-electron chi connectivity index (χ0n) is 14.6. The van der Waals surface area contributed by atoms with Crippen LogP contribution in [-0.2, 0) is 5.41 Å². The zero-order chi connectivity index (χ0) is 16.6. The molecule has 0 saturated carbocycles. The summed E-state index contributed by atoms with van der Waals surface area (Å²) in [6, 6.07) is 18.5. The third-order valence-electron chi connectivity index (χ3n) is 4.76. The average molecular weight is 296 g/mol. The van der Waals surface area contributed by atoms with Gasteiger partial charge in [-0.1, -0.05) is 84.0 Å². The molecule has 0 bridgehead atoms. The van der Waals surface area contributed by atoms with Crippen molar-refractivity contribution < 1.29 is 5.11 Å². The van der Waals surface area contributed by atoms with Crippen molar-refractivity contribution in [2.24, 2.45) is 10.8 Å². The summed E-state index contributed by atoms with van der Waals surface area (Å²) in [6.45, 7) is 13.8. The van der Waals surface area contributed by atoms with Gasteiger partial charge in [0.25, 0.3) is 0 Å². The number of aromatic hydroxyl groups is 1. The lowest BCUT2D eigenvalue weighted by Gasteiger charge is -2.55. The molecule has 0 aromatic heterocycles. The van der Waals surface area contributed by atoms with Gasteiger partial charge in [-0.2, -0.15) is 0 Å². The lowest BCUT2D eigenvalue weighted by molar-refractivity contribution is 0.0906. The summed E-state index contributed by atoms with van der Waals surface area (Å²) in [4.78, 5) is 0. The molecule has 2 aromatic rings. The van der Waals surface area contributed by atoms with Crippen LogP contribution in [0.25, 0.3) is 0 Å². The number of rotatable bonds is 2. The summed E-state index contributed by atoms with van der Waals surface area (Å²) in [5, 5.41) is 9.70. The molecule has 1 heteroatoms. The molecule has 0 heterocycles. The van der Waals surface area contributed by atoms with E-state index in [0.717, 1.165) is 0 Å². The van der Waals surface area contributed by atoms with E-state index >= 15 is 0 Å². The third-order valence-corrected chi connectivity index (χ3v) is 4.76. The van der Waals surface area contributed by atoms with E-state index in [0.29, 0.717) is 5.75 Å². The molecular formula is C21H28O. The molecule has 0 aliphatic rings. The third kappa shape index (κ3) is 2.54. The van der Waals surface area contributed by atoms with E-state index in [1.54, 1.807) is 12.1 Å². The van der Waals surface area contributed by atoms with Crippen LogP contribution in [-0.4, -0.2) is 5.11 Å². The number of benzene rings is 2. The van der Waals surface area contributed by atoms with E-state index in [1.165, 1.54) is 11.1 Å². The molecule has 0 aliphatic heterocycles. The monoisotopic (exact) mass is 296 g/mol. The van der Waals surface area contributed by atoms with E-state index in [1.807, 2.05) is 0 Å². The first kappa shape index (κ1) is 16.6. The van der Waals surface area contributed by atoms with Crippen molar-refractivity contribution in [2.75, 3.05) is 0 Å². The molecule has 0 aliphatic carbocycles. The second kappa shape index (κ2) is 5.46. The van der Waals surface area contributed by atoms with Crippen molar-refractivity contribution in [1.82, 2.24) is 0 Å². The maximum atomic E-state index is 9.70. The minimum absolute atomic E-state index is 0.0174. The van der Waals surface area contributed by atoms with Gasteiger partial charge in [0.05, 0.1) is 0 Å². The Morgan fingerprint density at radius 1 is 0.591 bits per heavy atom. The standard InChI is InChI=1S/C21H28O/c1-19(2,3)21(20(4,5)6,16-10-8-7-9-11-16)17-12-14-18(22)15-13-17/h7-15,22H,1-6H3. The lowest BCUT2D eigenvalue weighted by Crippen LogP contribution is -2.51. The van der Waals surface area contributed by atoms with Crippen LogP contribution < -0.4 is 0 Å². The molecule has 0 fully saturated rings. The molecule has 0 radical (unpaired) electrons. The fraction of sp³-hybridized carbons (Fsp3) is 0.429.